The minimum absolute atomic E-state index is 0.0528. The molecular weight excluding hydrogens is 266 g/mol. The molecule has 0 amide bonds. The number of ether oxygens (including phenoxy) is 2. The highest BCUT2D eigenvalue weighted by Crippen LogP contribution is 2.20. The number of esters is 1. The van der Waals surface area contributed by atoms with Crippen molar-refractivity contribution in [3.63, 3.8) is 0 Å². The minimum Gasteiger partial charge on any atom is -0.482 e. The van der Waals surface area contributed by atoms with Gasteiger partial charge >= 0.3 is 5.97 Å². The van der Waals surface area contributed by atoms with Crippen molar-refractivity contribution in [3.05, 3.63) is 29.8 Å². The van der Waals surface area contributed by atoms with Gasteiger partial charge in [0.15, 0.2) is 6.61 Å². The summed E-state index contributed by atoms with van der Waals surface area (Å²) in [6.45, 7) is 8.93. The van der Waals surface area contributed by atoms with Gasteiger partial charge in [0, 0.05) is 6.04 Å². The maximum Gasteiger partial charge on any atom is 0.344 e. The van der Waals surface area contributed by atoms with Gasteiger partial charge in [-0.3, -0.25) is 0 Å². The van der Waals surface area contributed by atoms with Crippen LogP contribution in [0, 0.1) is 0 Å². The predicted octanol–water partition coefficient (Wildman–Crippen LogP) is 3.47. The van der Waals surface area contributed by atoms with E-state index in [1.54, 1.807) is 0 Å². The fraction of sp³-hybridized carbons (Fsp3) is 0.588. The third-order valence-electron chi connectivity index (χ3n) is 3.06. The van der Waals surface area contributed by atoms with Crippen LogP contribution in [0.1, 0.15) is 52.1 Å². The summed E-state index contributed by atoms with van der Waals surface area (Å²) in [7, 11) is 0. The van der Waals surface area contributed by atoms with Gasteiger partial charge in [-0.1, -0.05) is 26.0 Å². The predicted molar refractivity (Wildman–Crippen MR) is 84.5 cm³/mol. The number of carbonyl (C=O) groups is 1. The number of benzene rings is 1. The molecule has 0 saturated carbocycles. The Morgan fingerprint density at radius 3 is 2.38 bits per heavy atom. The molecule has 21 heavy (non-hydrogen) atoms. The molecule has 1 aromatic rings. The quantitative estimate of drug-likeness (QED) is 0.708. The average Bonchev–Trinajstić information content (AvgIpc) is 2.46. The van der Waals surface area contributed by atoms with E-state index in [-0.39, 0.29) is 18.7 Å². The van der Waals surface area contributed by atoms with Crippen LogP contribution in [0.15, 0.2) is 24.3 Å². The molecule has 4 nitrogen and oxygen atoms in total. The van der Waals surface area contributed by atoms with Crippen molar-refractivity contribution in [1.82, 2.24) is 5.32 Å². The van der Waals surface area contributed by atoms with Gasteiger partial charge in [-0.15, -0.1) is 0 Å². The topological polar surface area (TPSA) is 47.6 Å². The molecule has 0 bridgehead atoms. The highest BCUT2D eigenvalue weighted by Gasteiger charge is 2.09. The van der Waals surface area contributed by atoms with Crippen molar-refractivity contribution in [3.8, 4) is 5.75 Å². The highest BCUT2D eigenvalue weighted by molar-refractivity contribution is 5.71. The van der Waals surface area contributed by atoms with E-state index in [0.29, 0.717) is 11.8 Å². The zero-order valence-electron chi connectivity index (χ0n) is 13.5. The number of hydrogen-bond acceptors (Lipinski definition) is 4. The van der Waals surface area contributed by atoms with Crippen molar-refractivity contribution in [1.29, 1.82) is 0 Å². The van der Waals surface area contributed by atoms with Crippen molar-refractivity contribution in [2.75, 3.05) is 13.2 Å². The van der Waals surface area contributed by atoms with Crippen molar-refractivity contribution in [2.24, 2.45) is 0 Å². The van der Waals surface area contributed by atoms with Crippen LogP contribution in [0.25, 0.3) is 0 Å². The smallest absolute Gasteiger partial charge is 0.344 e. The van der Waals surface area contributed by atoms with E-state index in [1.807, 2.05) is 38.1 Å². The van der Waals surface area contributed by atoms with Crippen LogP contribution in [-0.2, 0) is 9.53 Å². The molecule has 1 rings (SSSR count). The molecule has 1 N–H and O–H groups in total. The van der Waals surface area contributed by atoms with Gasteiger partial charge in [-0.25, -0.2) is 4.79 Å². The normalized spacial score (nSPS) is 12.2. The van der Waals surface area contributed by atoms with E-state index in [9.17, 15) is 4.79 Å². The van der Waals surface area contributed by atoms with E-state index in [4.69, 9.17) is 9.47 Å². The summed E-state index contributed by atoms with van der Waals surface area (Å²) in [5, 5.41) is 3.51. The Kier molecular flexibility index (Phi) is 7.83. The number of nitrogens with one attached hydrogen (secondary N) is 1. The monoisotopic (exact) mass is 293 g/mol. The molecule has 4 heteroatoms. The van der Waals surface area contributed by atoms with Crippen LogP contribution in [0.5, 0.6) is 5.75 Å². The van der Waals surface area contributed by atoms with Gasteiger partial charge in [0.1, 0.15) is 5.75 Å². The summed E-state index contributed by atoms with van der Waals surface area (Å²) in [5.41, 5.74) is 1.24. The zero-order chi connectivity index (χ0) is 15.7. The molecule has 118 valence electrons. The first kappa shape index (κ1) is 17.5. The molecule has 0 aliphatic rings. The largest absolute Gasteiger partial charge is 0.482 e. The Labute approximate surface area is 127 Å². The first-order valence-corrected chi connectivity index (χ1v) is 7.72. The summed E-state index contributed by atoms with van der Waals surface area (Å²) in [4.78, 5) is 11.4. The summed E-state index contributed by atoms with van der Waals surface area (Å²) in [6.07, 6.45) is 2.05. The number of rotatable bonds is 9. The second-order valence-electron chi connectivity index (χ2n) is 5.31. The van der Waals surface area contributed by atoms with Crippen LogP contribution in [0.3, 0.4) is 0 Å². The molecule has 0 heterocycles. The molecule has 1 aromatic carbocycles. The van der Waals surface area contributed by atoms with Crippen LogP contribution < -0.4 is 10.1 Å². The lowest BCUT2D eigenvalue weighted by Gasteiger charge is -2.17. The van der Waals surface area contributed by atoms with Crippen LogP contribution in [0.4, 0.5) is 0 Å². The van der Waals surface area contributed by atoms with E-state index in [0.717, 1.165) is 19.4 Å². The maximum absolute atomic E-state index is 11.4. The summed E-state index contributed by atoms with van der Waals surface area (Å²) < 4.78 is 10.4. The van der Waals surface area contributed by atoms with E-state index >= 15 is 0 Å². The van der Waals surface area contributed by atoms with Crippen molar-refractivity contribution >= 4 is 5.97 Å². The zero-order valence-corrected chi connectivity index (χ0v) is 13.5. The van der Waals surface area contributed by atoms with Gasteiger partial charge in [0.05, 0.1) is 6.10 Å². The third kappa shape index (κ3) is 6.63. The molecule has 0 aliphatic carbocycles. The minimum atomic E-state index is -0.342. The Balaban J connectivity index is 2.51. The highest BCUT2D eigenvalue weighted by atomic mass is 16.6. The molecule has 0 aromatic heterocycles. The maximum atomic E-state index is 11.4. The molecule has 0 saturated heterocycles. The van der Waals surface area contributed by atoms with Gasteiger partial charge in [-0.05, 0) is 50.9 Å². The standard InChI is InChI=1S/C17H27NO3/c1-5-11-18-16(6-2)14-7-9-15(10-8-14)20-12-17(19)21-13(3)4/h7-10,13,16,18H,5-6,11-12H2,1-4H3. The lowest BCUT2D eigenvalue weighted by atomic mass is 10.0. The Hall–Kier alpha value is -1.55. The van der Waals surface area contributed by atoms with Crippen molar-refractivity contribution < 1.29 is 14.3 Å². The molecule has 0 aliphatic heterocycles. The van der Waals surface area contributed by atoms with E-state index < -0.39 is 0 Å². The van der Waals surface area contributed by atoms with E-state index in [2.05, 4.69) is 19.2 Å². The van der Waals surface area contributed by atoms with Gasteiger partial charge in [0.2, 0.25) is 0 Å². The summed E-state index contributed by atoms with van der Waals surface area (Å²) in [6, 6.07) is 8.24. The molecule has 0 spiro atoms. The number of hydrogen-bond donors (Lipinski definition) is 1. The molecule has 0 radical (unpaired) electrons. The lowest BCUT2D eigenvalue weighted by Crippen LogP contribution is -2.21. The second-order valence-corrected chi connectivity index (χ2v) is 5.31. The van der Waals surface area contributed by atoms with E-state index in [1.165, 1.54) is 5.56 Å². The summed E-state index contributed by atoms with van der Waals surface area (Å²) >= 11 is 0. The van der Waals surface area contributed by atoms with Crippen LogP contribution in [-0.4, -0.2) is 25.2 Å². The first-order valence-electron chi connectivity index (χ1n) is 7.72. The fourth-order valence-corrected chi connectivity index (χ4v) is 2.05. The average molecular weight is 293 g/mol. The summed E-state index contributed by atoms with van der Waals surface area (Å²) in [5.74, 6) is 0.343. The second kappa shape index (κ2) is 9.40. The Morgan fingerprint density at radius 2 is 1.86 bits per heavy atom. The fourth-order valence-electron chi connectivity index (χ4n) is 2.05. The Bertz CT molecular complexity index is 415. The Morgan fingerprint density at radius 1 is 1.19 bits per heavy atom. The van der Waals surface area contributed by atoms with Crippen molar-refractivity contribution in [2.45, 2.75) is 52.7 Å². The van der Waals surface area contributed by atoms with Crippen LogP contribution >= 0.6 is 0 Å². The molecule has 1 unspecified atom stereocenters. The molecular formula is C17H27NO3. The SMILES string of the molecule is CCCNC(CC)c1ccc(OCC(=O)OC(C)C)cc1. The first-order chi connectivity index (χ1) is 10.1. The molecule has 0 fully saturated rings. The molecule has 1 atom stereocenters. The van der Waals surface area contributed by atoms with Gasteiger partial charge in [0.25, 0.3) is 0 Å². The van der Waals surface area contributed by atoms with Crippen LogP contribution in [0.2, 0.25) is 0 Å². The third-order valence-corrected chi connectivity index (χ3v) is 3.06. The lowest BCUT2D eigenvalue weighted by molar-refractivity contribution is -0.149. The van der Waals surface area contributed by atoms with Gasteiger partial charge in [-0.2, -0.15) is 0 Å². The number of carbonyl (C=O) groups excluding carboxylic acids is 1. The van der Waals surface area contributed by atoms with Gasteiger partial charge < -0.3 is 14.8 Å².